The lowest BCUT2D eigenvalue weighted by Gasteiger charge is -2.09. The lowest BCUT2D eigenvalue weighted by atomic mass is 10.1. The van der Waals surface area contributed by atoms with Crippen LogP contribution < -0.4 is 4.74 Å². The summed E-state index contributed by atoms with van der Waals surface area (Å²) in [5, 5.41) is 0.909. The maximum absolute atomic E-state index is 12.7. The molecule has 0 N–H and O–H groups in total. The zero-order chi connectivity index (χ0) is 15.7. The highest BCUT2D eigenvalue weighted by atomic mass is 19.4. The van der Waals surface area contributed by atoms with E-state index in [0.717, 1.165) is 34.2 Å². The van der Waals surface area contributed by atoms with Gasteiger partial charge in [0.05, 0.1) is 11.8 Å². The summed E-state index contributed by atoms with van der Waals surface area (Å²) < 4.78 is 49.0. The Morgan fingerprint density at radius 2 is 1.86 bits per heavy atom. The molecule has 0 spiro atoms. The van der Waals surface area contributed by atoms with E-state index in [-0.39, 0.29) is 12.4 Å². The highest BCUT2D eigenvalue weighted by Crippen LogP contribution is 2.32. The summed E-state index contributed by atoms with van der Waals surface area (Å²) in [5.41, 5.74) is 1.85. The maximum Gasteiger partial charge on any atom is 0.416 e. The fourth-order valence-electron chi connectivity index (χ4n) is 2.29. The summed E-state index contributed by atoms with van der Waals surface area (Å²) in [6, 6.07) is 10.6. The fourth-order valence-corrected chi connectivity index (χ4v) is 2.29. The highest BCUT2D eigenvalue weighted by Gasteiger charge is 2.30. The average Bonchev–Trinajstić information content (AvgIpc) is 2.89. The van der Waals surface area contributed by atoms with E-state index in [1.807, 2.05) is 25.1 Å². The Morgan fingerprint density at radius 3 is 2.64 bits per heavy atom. The van der Waals surface area contributed by atoms with E-state index in [1.54, 1.807) is 6.26 Å². The van der Waals surface area contributed by atoms with Gasteiger partial charge in [-0.2, -0.15) is 13.2 Å². The molecule has 22 heavy (non-hydrogen) atoms. The SMILES string of the molecule is Cc1cccc2c(COc3cccc(C(F)(F)F)c3)coc12. The van der Waals surface area contributed by atoms with Gasteiger partial charge in [0.15, 0.2) is 0 Å². The Morgan fingerprint density at radius 1 is 1.09 bits per heavy atom. The molecule has 2 nitrogen and oxygen atoms in total. The minimum Gasteiger partial charge on any atom is -0.489 e. The molecule has 5 heteroatoms. The first-order valence-corrected chi connectivity index (χ1v) is 6.71. The second-order valence-corrected chi connectivity index (χ2v) is 5.03. The zero-order valence-electron chi connectivity index (χ0n) is 11.8. The fraction of sp³-hybridized carbons (Fsp3) is 0.176. The summed E-state index contributed by atoms with van der Waals surface area (Å²) in [6.07, 6.45) is -2.80. The third-order valence-corrected chi connectivity index (χ3v) is 3.43. The number of para-hydroxylation sites is 1. The molecule has 0 radical (unpaired) electrons. The molecule has 0 aliphatic carbocycles. The number of alkyl halides is 3. The van der Waals surface area contributed by atoms with Crippen LogP contribution in [0.25, 0.3) is 11.0 Å². The van der Waals surface area contributed by atoms with Crippen molar-refractivity contribution in [2.45, 2.75) is 19.7 Å². The first-order chi connectivity index (χ1) is 10.4. The van der Waals surface area contributed by atoms with Crippen LogP contribution in [-0.4, -0.2) is 0 Å². The van der Waals surface area contributed by atoms with Gasteiger partial charge in [0.1, 0.15) is 17.9 Å². The van der Waals surface area contributed by atoms with Crippen LogP contribution in [0.5, 0.6) is 5.75 Å². The van der Waals surface area contributed by atoms with Gasteiger partial charge in [-0.1, -0.05) is 24.3 Å². The van der Waals surface area contributed by atoms with E-state index in [1.165, 1.54) is 12.1 Å². The quantitative estimate of drug-likeness (QED) is 0.652. The molecule has 0 bridgehead atoms. The van der Waals surface area contributed by atoms with E-state index in [4.69, 9.17) is 9.15 Å². The van der Waals surface area contributed by atoms with E-state index in [9.17, 15) is 13.2 Å². The van der Waals surface area contributed by atoms with Gasteiger partial charge in [0.2, 0.25) is 0 Å². The molecular weight excluding hydrogens is 293 g/mol. The molecule has 114 valence electrons. The van der Waals surface area contributed by atoms with E-state index < -0.39 is 11.7 Å². The van der Waals surface area contributed by atoms with Crippen LogP contribution in [0.2, 0.25) is 0 Å². The lowest BCUT2D eigenvalue weighted by Crippen LogP contribution is -2.05. The molecule has 0 atom stereocenters. The minimum absolute atomic E-state index is 0.151. The van der Waals surface area contributed by atoms with Crippen LogP contribution in [0.4, 0.5) is 13.2 Å². The molecule has 2 aromatic carbocycles. The van der Waals surface area contributed by atoms with Crippen molar-refractivity contribution in [1.82, 2.24) is 0 Å². The van der Waals surface area contributed by atoms with E-state index in [0.29, 0.717) is 0 Å². The molecule has 1 aromatic heterocycles. The van der Waals surface area contributed by atoms with Gasteiger partial charge in [-0.25, -0.2) is 0 Å². The van der Waals surface area contributed by atoms with Crippen molar-refractivity contribution in [2.24, 2.45) is 0 Å². The summed E-state index contributed by atoms with van der Waals surface area (Å²) >= 11 is 0. The smallest absolute Gasteiger partial charge is 0.416 e. The Balaban J connectivity index is 1.81. The third kappa shape index (κ3) is 2.79. The molecule has 0 aliphatic heterocycles. The molecule has 3 rings (SSSR count). The van der Waals surface area contributed by atoms with Gasteiger partial charge in [0.25, 0.3) is 0 Å². The molecule has 3 aromatic rings. The molecule has 0 aliphatic rings. The van der Waals surface area contributed by atoms with Crippen molar-refractivity contribution in [3.8, 4) is 5.75 Å². The Hall–Kier alpha value is -2.43. The van der Waals surface area contributed by atoms with Gasteiger partial charge in [0, 0.05) is 10.9 Å². The summed E-state index contributed by atoms with van der Waals surface area (Å²) in [6.45, 7) is 2.08. The number of fused-ring (bicyclic) bond motifs is 1. The molecule has 0 unspecified atom stereocenters. The average molecular weight is 306 g/mol. The number of halogens is 3. The Bertz CT molecular complexity index is 803. The van der Waals surface area contributed by atoms with Crippen LogP contribution in [0.1, 0.15) is 16.7 Å². The first-order valence-electron chi connectivity index (χ1n) is 6.71. The van der Waals surface area contributed by atoms with Crippen molar-refractivity contribution in [3.05, 3.63) is 65.4 Å². The van der Waals surface area contributed by atoms with E-state index >= 15 is 0 Å². The number of ether oxygens (including phenoxy) is 1. The summed E-state index contributed by atoms with van der Waals surface area (Å²) in [4.78, 5) is 0. The predicted octanol–water partition coefficient (Wildman–Crippen LogP) is 5.34. The number of hydrogen-bond donors (Lipinski definition) is 0. The molecule has 0 fully saturated rings. The van der Waals surface area contributed by atoms with Crippen molar-refractivity contribution < 1.29 is 22.3 Å². The lowest BCUT2D eigenvalue weighted by molar-refractivity contribution is -0.137. The van der Waals surface area contributed by atoms with E-state index in [2.05, 4.69) is 0 Å². The minimum atomic E-state index is -4.38. The maximum atomic E-state index is 12.7. The monoisotopic (exact) mass is 306 g/mol. The molecular formula is C17H13F3O2. The van der Waals surface area contributed by atoms with Gasteiger partial charge in [-0.3, -0.25) is 0 Å². The summed E-state index contributed by atoms with van der Waals surface area (Å²) in [5.74, 6) is 0.178. The predicted molar refractivity (Wildman–Crippen MR) is 76.7 cm³/mol. The van der Waals surface area contributed by atoms with Crippen molar-refractivity contribution >= 4 is 11.0 Å². The Kier molecular flexibility index (Phi) is 3.56. The van der Waals surface area contributed by atoms with Crippen LogP contribution >= 0.6 is 0 Å². The summed E-state index contributed by atoms with van der Waals surface area (Å²) in [7, 11) is 0. The van der Waals surface area contributed by atoms with Crippen LogP contribution in [0.3, 0.4) is 0 Å². The van der Waals surface area contributed by atoms with Crippen molar-refractivity contribution in [3.63, 3.8) is 0 Å². The number of aryl methyl sites for hydroxylation is 1. The topological polar surface area (TPSA) is 22.4 Å². The molecule has 0 saturated heterocycles. The molecule has 0 saturated carbocycles. The Labute approximate surface area is 125 Å². The number of hydrogen-bond acceptors (Lipinski definition) is 2. The number of benzene rings is 2. The standard InChI is InChI=1S/C17H13F3O2/c1-11-4-2-7-15-12(10-22-16(11)15)9-21-14-6-3-5-13(8-14)17(18,19)20/h2-8,10H,9H2,1H3. The number of rotatable bonds is 3. The molecule has 0 amide bonds. The van der Waals surface area contributed by atoms with Gasteiger partial charge in [-0.05, 0) is 30.7 Å². The largest absolute Gasteiger partial charge is 0.489 e. The van der Waals surface area contributed by atoms with Crippen LogP contribution in [-0.2, 0) is 12.8 Å². The highest BCUT2D eigenvalue weighted by molar-refractivity contribution is 5.83. The molecule has 1 heterocycles. The van der Waals surface area contributed by atoms with Crippen LogP contribution in [0, 0.1) is 6.92 Å². The van der Waals surface area contributed by atoms with Crippen molar-refractivity contribution in [2.75, 3.05) is 0 Å². The van der Waals surface area contributed by atoms with Crippen molar-refractivity contribution in [1.29, 1.82) is 0 Å². The van der Waals surface area contributed by atoms with Gasteiger partial charge < -0.3 is 9.15 Å². The third-order valence-electron chi connectivity index (χ3n) is 3.43. The first kappa shape index (κ1) is 14.5. The second kappa shape index (κ2) is 5.40. The van der Waals surface area contributed by atoms with Gasteiger partial charge >= 0.3 is 6.18 Å². The number of furan rings is 1. The van der Waals surface area contributed by atoms with Crippen LogP contribution in [0.15, 0.2) is 53.1 Å². The normalized spacial score (nSPS) is 11.8. The second-order valence-electron chi connectivity index (χ2n) is 5.03. The van der Waals surface area contributed by atoms with Gasteiger partial charge in [-0.15, -0.1) is 0 Å². The zero-order valence-corrected chi connectivity index (χ0v) is 11.8.